The summed E-state index contributed by atoms with van der Waals surface area (Å²) in [4.78, 5) is 31.0. The molecule has 0 aromatic carbocycles. The SMILES string of the molecule is Nc1oc2cc(-c3cncnc3)cnc2c1C(=O)Nc1cnccc1N1C[C@H](N)C[C@H](C(F)(F)F)C1. The molecule has 0 saturated carbocycles. The summed E-state index contributed by atoms with van der Waals surface area (Å²) in [6.45, 7) is -0.0851. The Bertz CT molecular complexity index is 1410. The highest BCUT2D eigenvalue weighted by atomic mass is 19.4. The molecule has 5 N–H and O–H groups in total. The first-order chi connectivity index (χ1) is 17.2. The molecule has 36 heavy (non-hydrogen) atoms. The summed E-state index contributed by atoms with van der Waals surface area (Å²) in [5.41, 5.74) is 14.4. The van der Waals surface area contributed by atoms with E-state index in [-0.39, 0.29) is 47.7 Å². The molecular formula is C23H21F3N8O2. The van der Waals surface area contributed by atoms with Crippen LogP contribution in [0.4, 0.5) is 30.4 Å². The van der Waals surface area contributed by atoms with E-state index in [0.717, 1.165) is 0 Å². The zero-order chi connectivity index (χ0) is 25.4. The number of amides is 1. The minimum atomic E-state index is -4.38. The highest BCUT2D eigenvalue weighted by Crippen LogP contribution is 2.37. The summed E-state index contributed by atoms with van der Waals surface area (Å²) in [6.07, 6.45) is 4.40. The number of anilines is 3. The molecule has 1 aliphatic rings. The molecule has 0 bridgehead atoms. The van der Waals surface area contributed by atoms with Crippen molar-refractivity contribution in [2.75, 3.05) is 29.0 Å². The fourth-order valence-corrected chi connectivity index (χ4v) is 4.34. The third-order valence-electron chi connectivity index (χ3n) is 6.01. The van der Waals surface area contributed by atoms with Gasteiger partial charge in [-0.05, 0) is 18.6 Å². The maximum absolute atomic E-state index is 13.4. The van der Waals surface area contributed by atoms with Crippen LogP contribution in [-0.4, -0.2) is 51.2 Å². The van der Waals surface area contributed by atoms with Crippen LogP contribution in [0.1, 0.15) is 16.8 Å². The van der Waals surface area contributed by atoms with Gasteiger partial charge >= 0.3 is 6.18 Å². The number of nitrogen functional groups attached to an aromatic ring is 1. The Balaban J connectivity index is 1.44. The van der Waals surface area contributed by atoms with Gasteiger partial charge in [-0.3, -0.25) is 14.8 Å². The average Bonchev–Trinajstić information content (AvgIpc) is 3.19. The van der Waals surface area contributed by atoms with E-state index in [2.05, 4.69) is 25.3 Å². The van der Waals surface area contributed by atoms with Crippen molar-refractivity contribution in [3.8, 4) is 11.1 Å². The molecule has 4 aromatic rings. The minimum absolute atomic E-state index is 0.000761. The van der Waals surface area contributed by atoms with E-state index >= 15 is 0 Å². The number of piperidine rings is 1. The molecule has 1 fully saturated rings. The first-order valence-electron chi connectivity index (χ1n) is 11.0. The first-order valence-corrected chi connectivity index (χ1v) is 11.0. The lowest BCUT2D eigenvalue weighted by atomic mass is 9.93. The van der Waals surface area contributed by atoms with Crippen LogP contribution in [0.15, 0.2) is 53.9 Å². The van der Waals surface area contributed by atoms with Crippen LogP contribution in [0.3, 0.4) is 0 Å². The van der Waals surface area contributed by atoms with Crippen molar-refractivity contribution in [2.24, 2.45) is 11.7 Å². The predicted octanol–water partition coefficient (Wildman–Crippen LogP) is 3.23. The molecule has 0 spiro atoms. The first kappa shape index (κ1) is 23.5. The number of furan rings is 1. The molecule has 186 valence electrons. The number of alkyl halides is 3. The third kappa shape index (κ3) is 4.52. The lowest BCUT2D eigenvalue weighted by Crippen LogP contribution is -2.51. The summed E-state index contributed by atoms with van der Waals surface area (Å²) in [7, 11) is 0. The van der Waals surface area contributed by atoms with Crippen molar-refractivity contribution in [1.82, 2.24) is 19.9 Å². The highest BCUT2D eigenvalue weighted by Gasteiger charge is 2.44. The molecular weight excluding hydrogens is 477 g/mol. The Morgan fingerprint density at radius 1 is 1.11 bits per heavy atom. The molecule has 1 amide bonds. The van der Waals surface area contributed by atoms with E-state index in [9.17, 15) is 18.0 Å². The second-order valence-corrected chi connectivity index (χ2v) is 8.53. The smallest absolute Gasteiger partial charge is 0.393 e. The van der Waals surface area contributed by atoms with Gasteiger partial charge in [0.15, 0.2) is 5.58 Å². The zero-order valence-electron chi connectivity index (χ0n) is 18.7. The summed E-state index contributed by atoms with van der Waals surface area (Å²) in [6, 6.07) is 2.52. The Morgan fingerprint density at radius 2 is 1.89 bits per heavy atom. The van der Waals surface area contributed by atoms with Gasteiger partial charge in [-0.15, -0.1) is 0 Å². The Morgan fingerprint density at radius 3 is 2.64 bits per heavy atom. The minimum Gasteiger partial charge on any atom is -0.438 e. The van der Waals surface area contributed by atoms with Crippen molar-refractivity contribution in [1.29, 1.82) is 0 Å². The Hall–Kier alpha value is -4.26. The van der Waals surface area contributed by atoms with E-state index in [0.29, 0.717) is 16.8 Å². The number of aromatic nitrogens is 4. The largest absolute Gasteiger partial charge is 0.438 e. The summed E-state index contributed by atoms with van der Waals surface area (Å²) in [5, 5.41) is 2.69. The normalized spacial score (nSPS) is 18.4. The van der Waals surface area contributed by atoms with Crippen LogP contribution in [0.25, 0.3) is 22.2 Å². The zero-order valence-corrected chi connectivity index (χ0v) is 18.7. The van der Waals surface area contributed by atoms with Crippen LogP contribution >= 0.6 is 0 Å². The van der Waals surface area contributed by atoms with Gasteiger partial charge < -0.3 is 26.1 Å². The van der Waals surface area contributed by atoms with E-state index < -0.39 is 24.0 Å². The fraction of sp³-hybridized carbons (Fsp3) is 0.261. The van der Waals surface area contributed by atoms with Crippen LogP contribution < -0.4 is 21.7 Å². The number of fused-ring (bicyclic) bond motifs is 1. The van der Waals surface area contributed by atoms with Gasteiger partial charge in [0.1, 0.15) is 17.4 Å². The maximum atomic E-state index is 13.4. The lowest BCUT2D eigenvalue weighted by Gasteiger charge is -2.39. The summed E-state index contributed by atoms with van der Waals surface area (Å²) >= 11 is 0. The number of carbonyl (C=O) groups excluding carboxylic acids is 1. The number of nitrogens with one attached hydrogen (secondary N) is 1. The van der Waals surface area contributed by atoms with Gasteiger partial charge in [0.05, 0.1) is 23.5 Å². The fourth-order valence-electron chi connectivity index (χ4n) is 4.34. The maximum Gasteiger partial charge on any atom is 0.393 e. The third-order valence-corrected chi connectivity index (χ3v) is 6.01. The van der Waals surface area contributed by atoms with Gasteiger partial charge in [0.25, 0.3) is 5.91 Å². The van der Waals surface area contributed by atoms with E-state index in [4.69, 9.17) is 15.9 Å². The molecule has 0 unspecified atom stereocenters. The van der Waals surface area contributed by atoms with Gasteiger partial charge in [0, 0.05) is 55.0 Å². The number of rotatable bonds is 4. The Labute approximate surface area is 202 Å². The number of halogens is 3. The number of nitrogens with zero attached hydrogens (tertiary/aromatic N) is 5. The van der Waals surface area contributed by atoms with Crippen molar-refractivity contribution in [3.63, 3.8) is 0 Å². The molecule has 2 atom stereocenters. The summed E-state index contributed by atoms with van der Waals surface area (Å²) in [5.74, 6) is -2.38. The monoisotopic (exact) mass is 498 g/mol. The molecule has 4 aromatic heterocycles. The van der Waals surface area contributed by atoms with Crippen LogP contribution in [0.2, 0.25) is 0 Å². The Kier molecular flexibility index (Phi) is 5.92. The molecule has 13 heteroatoms. The topological polar surface area (TPSA) is 149 Å². The van der Waals surface area contributed by atoms with Gasteiger partial charge in [-0.2, -0.15) is 13.2 Å². The van der Waals surface area contributed by atoms with Crippen molar-refractivity contribution in [2.45, 2.75) is 18.6 Å². The average molecular weight is 498 g/mol. The number of pyridine rings is 2. The molecule has 5 rings (SSSR count). The number of carbonyl (C=O) groups is 1. The number of hydrogen-bond acceptors (Lipinski definition) is 9. The molecule has 0 radical (unpaired) electrons. The molecule has 0 aliphatic carbocycles. The molecule has 1 aliphatic heterocycles. The van der Waals surface area contributed by atoms with Crippen LogP contribution in [0, 0.1) is 5.92 Å². The van der Waals surface area contributed by atoms with E-state index in [1.54, 1.807) is 18.5 Å². The van der Waals surface area contributed by atoms with Crippen molar-refractivity contribution < 1.29 is 22.4 Å². The van der Waals surface area contributed by atoms with E-state index in [1.807, 2.05) is 0 Å². The molecule has 10 nitrogen and oxygen atoms in total. The number of hydrogen-bond donors (Lipinski definition) is 3. The van der Waals surface area contributed by atoms with E-state index in [1.165, 1.54) is 35.9 Å². The summed E-state index contributed by atoms with van der Waals surface area (Å²) < 4.78 is 45.9. The van der Waals surface area contributed by atoms with Gasteiger partial charge in [-0.25, -0.2) is 9.97 Å². The quantitative estimate of drug-likeness (QED) is 0.385. The number of nitrogens with two attached hydrogens (primary N) is 2. The van der Waals surface area contributed by atoms with Crippen LogP contribution in [0.5, 0.6) is 0 Å². The highest BCUT2D eigenvalue weighted by molar-refractivity contribution is 6.15. The predicted molar refractivity (Wildman–Crippen MR) is 126 cm³/mol. The van der Waals surface area contributed by atoms with Crippen LogP contribution in [-0.2, 0) is 0 Å². The molecule has 1 saturated heterocycles. The van der Waals surface area contributed by atoms with Crippen molar-refractivity contribution >= 4 is 34.3 Å². The lowest BCUT2D eigenvalue weighted by molar-refractivity contribution is -0.177. The van der Waals surface area contributed by atoms with Gasteiger partial charge in [-0.1, -0.05) is 0 Å². The molecule has 5 heterocycles. The van der Waals surface area contributed by atoms with Gasteiger partial charge in [0.2, 0.25) is 5.88 Å². The second kappa shape index (κ2) is 9.07. The second-order valence-electron chi connectivity index (χ2n) is 8.53. The van der Waals surface area contributed by atoms with Crippen molar-refractivity contribution in [3.05, 3.63) is 55.0 Å². The standard InChI is InChI=1S/C23H21F3N8O2/c24-23(25,26)14-4-15(27)10-34(9-14)17-1-2-29-8-16(17)33-22(35)19-20-18(36-21(19)28)3-12(7-32-20)13-5-30-11-31-6-13/h1-3,5-8,11,14-15H,4,9-10,27-28H2,(H,33,35)/t14-,15+/m0/s1.